The monoisotopic (exact) mass is 324 g/mol. The van der Waals surface area contributed by atoms with E-state index in [1.807, 2.05) is 0 Å². The number of carbonyl (C=O) groups is 1. The van der Waals surface area contributed by atoms with E-state index in [-0.39, 0.29) is 5.75 Å². The maximum Gasteiger partial charge on any atom is 0.313 e. The van der Waals surface area contributed by atoms with Gasteiger partial charge >= 0.3 is 5.97 Å². The van der Waals surface area contributed by atoms with E-state index >= 15 is 0 Å². The number of hydrogen-bond donors (Lipinski definition) is 2. The summed E-state index contributed by atoms with van der Waals surface area (Å²) in [7, 11) is 0. The molecular formula is C8H6Cl2N4O2S2. The topological polar surface area (TPSA) is 94.0 Å². The largest absolute Gasteiger partial charge is 0.481 e. The highest BCUT2D eigenvalue weighted by Crippen LogP contribution is 2.37. The van der Waals surface area contributed by atoms with Gasteiger partial charge in [0.2, 0.25) is 5.16 Å². The molecule has 0 aliphatic carbocycles. The summed E-state index contributed by atoms with van der Waals surface area (Å²) >= 11 is 14.0. The molecule has 0 fully saturated rings. The number of rotatable bonds is 4. The van der Waals surface area contributed by atoms with Gasteiger partial charge in [0.25, 0.3) is 0 Å². The van der Waals surface area contributed by atoms with Gasteiger partial charge in [0, 0.05) is 0 Å². The van der Waals surface area contributed by atoms with E-state index in [0.29, 0.717) is 25.2 Å². The molecule has 18 heavy (non-hydrogen) atoms. The molecule has 0 spiro atoms. The zero-order valence-electron chi connectivity index (χ0n) is 8.63. The van der Waals surface area contributed by atoms with Gasteiger partial charge in [-0.2, -0.15) is 0 Å². The summed E-state index contributed by atoms with van der Waals surface area (Å²) in [6.07, 6.45) is 0. The quantitative estimate of drug-likeness (QED) is 0.661. The summed E-state index contributed by atoms with van der Waals surface area (Å²) in [4.78, 5) is 10.5. The van der Waals surface area contributed by atoms with Crippen LogP contribution in [0.1, 0.15) is 0 Å². The molecule has 0 atom stereocenters. The Morgan fingerprint density at radius 3 is 2.83 bits per heavy atom. The Labute approximate surface area is 120 Å². The van der Waals surface area contributed by atoms with Crippen LogP contribution in [0.4, 0.5) is 0 Å². The summed E-state index contributed by atoms with van der Waals surface area (Å²) in [5, 5.41) is 16.6. The summed E-state index contributed by atoms with van der Waals surface area (Å²) < 4.78 is 2.16. The maximum absolute atomic E-state index is 10.5. The first kappa shape index (κ1) is 13.5. The molecule has 2 heterocycles. The lowest BCUT2D eigenvalue weighted by Gasteiger charge is -2.01. The number of halogens is 2. The van der Waals surface area contributed by atoms with Crippen molar-refractivity contribution in [2.75, 3.05) is 11.6 Å². The number of thiophene rings is 1. The second kappa shape index (κ2) is 5.35. The minimum absolute atomic E-state index is 0.145. The molecule has 0 radical (unpaired) electrons. The summed E-state index contributed by atoms with van der Waals surface area (Å²) in [6.45, 7) is 0. The van der Waals surface area contributed by atoms with E-state index in [9.17, 15) is 4.79 Å². The van der Waals surface area contributed by atoms with Crippen molar-refractivity contribution < 1.29 is 9.90 Å². The van der Waals surface area contributed by atoms with Crippen LogP contribution < -0.4 is 5.84 Å². The predicted octanol–water partition coefficient (Wildman–Crippen LogP) is 2.20. The van der Waals surface area contributed by atoms with Crippen LogP contribution in [0.5, 0.6) is 0 Å². The molecule has 96 valence electrons. The molecule has 2 rings (SSSR count). The van der Waals surface area contributed by atoms with Gasteiger partial charge in [-0.3, -0.25) is 4.79 Å². The fourth-order valence-corrected chi connectivity index (χ4v) is 3.21. The Balaban J connectivity index is 2.30. The van der Waals surface area contributed by atoms with Crippen molar-refractivity contribution in [3.63, 3.8) is 0 Å². The summed E-state index contributed by atoms with van der Waals surface area (Å²) in [5.41, 5.74) is 0.573. The maximum atomic E-state index is 10.5. The van der Waals surface area contributed by atoms with Gasteiger partial charge in [-0.15, -0.1) is 21.5 Å². The summed E-state index contributed by atoms with van der Waals surface area (Å²) in [5.74, 6) is 5.02. The molecule has 3 N–H and O–H groups in total. The minimum Gasteiger partial charge on any atom is -0.481 e. The second-order valence-electron chi connectivity index (χ2n) is 3.10. The fourth-order valence-electron chi connectivity index (χ4n) is 1.18. The zero-order chi connectivity index (χ0) is 13.3. The number of aromatic nitrogens is 3. The molecule has 0 saturated heterocycles. The lowest BCUT2D eigenvalue weighted by Crippen LogP contribution is -2.12. The van der Waals surface area contributed by atoms with Crippen LogP contribution in [0.25, 0.3) is 11.4 Å². The third kappa shape index (κ3) is 2.72. The molecule has 0 aliphatic heterocycles. The fraction of sp³-hybridized carbons (Fsp3) is 0.125. The number of carboxylic acid groups (broad SMARTS) is 1. The van der Waals surface area contributed by atoms with E-state index in [1.54, 1.807) is 6.07 Å². The molecule has 6 nitrogen and oxygen atoms in total. The van der Waals surface area contributed by atoms with Crippen LogP contribution in [-0.2, 0) is 4.79 Å². The van der Waals surface area contributed by atoms with Gasteiger partial charge in [0.1, 0.15) is 4.34 Å². The number of hydrogen-bond acceptors (Lipinski definition) is 6. The van der Waals surface area contributed by atoms with E-state index in [0.717, 1.165) is 11.8 Å². The first-order valence-corrected chi connectivity index (χ1v) is 7.05. The SMILES string of the molecule is Nn1c(SCC(=O)O)nnc1-c1cc(Cl)sc1Cl. The molecule has 0 unspecified atom stereocenters. The van der Waals surface area contributed by atoms with Crippen LogP contribution in [-0.4, -0.2) is 31.7 Å². The number of nitrogen functional groups attached to an aromatic ring is 1. The highest BCUT2D eigenvalue weighted by molar-refractivity contribution is 7.99. The number of carboxylic acids is 1. The predicted molar refractivity (Wildman–Crippen MR) is 71.9 cm³/mol. The van der Waals surface area contributed by atoms with E-state index in [1.165, 1.54) is 16.0 Å². The third-order valence-corrected chi connectivity index (χ3v) is 4.30. The highest BCUT2D eigenvalue weighted by Gasteiger charge is 2.17. The molecule has 2 aromatic heterocycles. The molecule has 0 bridgehead atoms. The molecule has 0 aliphatic rings. The van der Waals surface area contributed by atoms with Crippen molar-refractivity contribution in [2.45, 2.75) is 5.16 Å². The van der Waals surface area contributed by atoms with Gasteiger partial charge in [-0.05, 0) is 6.07 Å². The first-order valence-electron chi connectivity index (χ1n) is 4.49. The number of thioether (sulfide) groups is 1. The van der Waals surface area contributed by atoms with E-state index < -0.39 is 5.97 Å². The van der Waals surface area contributed by atoms with Crippen LogP contribution in [0, 0.1) is 0 Å². The van der Waals surface area contributed by atoms with E-state index in [4.69, 9.17) is 34.2 Å². The second-order valence-corrected chi connectivity index (χ2v) is 6.32. The first-order chi connectivity index (χ1) is 8.49. The zero-order valence-corrected chi connectivity index (χ0v) is 11.8. The van der Waals surface area contributed by atoms with Crippen molar-refractivity contribution in [3.05, 3.63) is 14.7 Å². The Morgan fingerprint density at radius 1 is 1.56 bits per heavy atom. The summed E-state index contributed by atoms with van der Waals surface area (Å²) in [6, 6.07) is 1.63. The van der Waals surface area contributed by atoms with Crippen LogP contribution in [0.3, 0.4) is 0 Å². The Morgan fingerprint density at radius 2 is 2.28 bits per heavy atom. The number of nitrogens with two attached hydrogens (primary N) is 1. The molecule has 10 heteroatoms. The Bertz CT molecular complexity index is 598. The minimum atomic E-state index is -0.957. The molecule has 0 amide bonds. The van der Waals surface area contributed by atoms with Gasteiger partial charge in [-0.25, -0.2) is 4.68 Å². The standard InChI is InChI=1S/C8H6Cl2N4O2S2/c9-4-1-3(6(10)18-4)7-12-13-8(14(7)11)17-2-5(15)16/h1H,2,11H2,(H,15,16). The van der Waals surface area contributed by atoms with Crippen LogP contribution in [0.2, 0.25) is 8.67 Å². The normalized spacial score (nSPS) is 10.8. The van der Waals surface area contributed by atoms with Gasteiger partial charge < -0.3 is 10.9 Å². The van der Waals surface area contributed by atoms with Crippen molar-refractivity contribution >= 4 is 52.3 Å². The van der Waals surface area contributed by atoms with Crippen molar-refractivity contribution in [3.8, 4) is 11.4 Å². The molecule has 0 saturated carbocycles. The van der Waals surface area contributed by atoms with Crippen molar-refractivity contribution in [1.29, 1.82) is 0 Å². The van der Waals surface area contributed by atoms with Crippen molar-refractivity contribution in [2.24, 2.45) is 0 Å². The van der Waals surface area contributed by atoms with Crippen LogP contribution >= 0.6 is 46.3 Å². The average Bonchev–Trinajstić information content (AvgIpc) is 2.79. The van der Waals surface area contributed by atoms with Crippen molar-refractivity contribution in [1.82, 2.24) is 14.9 Å². The molecular weight excluding hydrogens is 319 g/mol. The Kier molecular flexibility index (Phi) is 4.00. The number of aliphatic carboxylic acids is 1. The Hall–Kier alpha value is -0.960. The molecule has 0 aromatic carbocycles. The average molecular weight is 325 g/mol. The lowest BCUT2D eigenvalue weighted by atomic mass is 10.3. The number of nitrogens with zero attached hydrogens (tertiary/aromatic N) is 3. The molecule has 2 aromatic rings. The van der Waals surface area contributed by atoms with E-state index in [2.05, 4.69) is 10.2 Å². The smallest absolute Gasteiger partial charge is 0.313 e. The van der Waals surface area contributed by atoms with Gasteiger partial charge in [0.15, 0.2) is 5.82 Å². The lowest BCUT2D eigenvalue weighted by molar-refractivity contribution is -0.133. The van der Waals surface area contributed by atoms with Gasteiger partial charge in [0.05, 0.1) is 15.7 Å². The highest BCUT2D eigenvalue weighted by atomic mass is 35.5. The van der Waals surface area contributed by atoms with Crippen LogP contribution in [0.15, 0.2) is 11.2 Å². The van der Waals surface area contributed by atoms with Gasteiger partial charge in [-0.1, -0.05) is 35.0 Å². The third-order valence-electron chi connectivity index (χ3n) is 1.89.